The van der Waals surface area contributed by atoms with Crippen molar-refractivity contribution < 1.29 is 14.9 Å². The summed E-state index contributed by atoms with van der Waals surface area (Å²) in [5.41, 5.74) is -1.64. The molecule has 4 unspecified atom stereocenters. The van der Waals surface area contributed by atoms with E-state index in [1.165, 1.54) is 0 Å². The molecule has 0 aromatic rings. The largest absolute Gasteiger partial charge is 0.377 e. The van der Waals surface area contributed by atoms with Crippen LogP contribution in [0, 0.1) is 35.0 Å². The van der Waals surface area contributed by atoms with Crippen molar-refractivity contribution in [2.45, 2.75) is 91.5 Å². The molecule has 23 heavy (non-hydrogen) atoms. The standard InChI is InChI=1S/C20H34O3/c1-9-17(3,4)22-23-18(5,6)10-11-20(21)13-15-12-16(20)14(2)19(15,7)8/h14-16,21H,9,12-13H2,1-8H3. The van der Waals surface area contributed by atoms with Crippen LogP contribution >= 0.6 is 0 Å². The van der Waals surface area contributed by atoms with Crippen LogP contribution in [0.15, 0.2) is 0 Å². The molecule has 0 amide bonds. The predicted octanol–water partition coefficient (Wildman–Crippen LogP) is 4.34. The van der Waals surface area contributed by atoms with Crippen LogP contribution in [0.5, 0.6) is 0 Å². The molecular weight excluding hydrogens is 288 g/mol. The zero-order valence-corrected chi connectivity index (χ0v) is 16.1. The van der Waals surface area contributed by atoms with Crippen LogP contribution in [0.3, 0.4) is 0 Å². The van der Waals surface area contributed by atoms with E-state index in [1.54, 1.807) is 0 Å². The van der Waals surface area contributed by atoms with E-state index < -0.39 is 11.2 Å². The van der Waals surface area contributed by atoms with Gasteiger partial charge in [-0.2, -0.15) is 0 Å². The van der Waals surface area contributed by atoms with Crippen molar-refractivity contribution in [2.75, 3.05) is 0 Å². The highest BCUT2D eigenvalue weighted by Gasteiger charge is 2.61. The van der Waals surface area contributed by atoms with Gasteiger partial charge in [-0.25, -0.2) is 9.78 Å². The van der Waals surface area contributed by atoms with Gasteiger partial charge in [0.2, 0.25) is 0 Å². The monoisotopic (exact) mass is 322 g/mol. The van der Waals surface area contributed by atoms with E-state index in [9.17, 15) is 5.11 Å². The fourth-order valence-corrected chi connectivity index (χ4v) is 3.89. The van der Waals surface area contributed by atoms with Crippen molar-refractivity contribution in [3.63, 3.8) is 0 Å². The summed E-state index contributed by atoms with van der Waals surface area (Å²) in [4.78, 5) is 11.1. The molecule has 2 bridgehead atoms. The Labute approximate surface area is 142 Å². The molecule has 2 rings (SSSR count). The molecule has 0 spiro atoms. The maximum Gasteiger partial charge on any atom is 0.158 e. The first-order valence-corrected chi connectivity index (χ1v) is 8.96. The Morgan fingerprint density at radius 3 is 2.26 bits per heavy atom. The smallest absolute Gasteiger partial charge is 0.158 e. The molecule has 0 aromatic heterocycles. The molecule has 2 aliphatic carbocycles. The van der Waals surface area contributed by atoms with E-state index in [4.69, 9.17) is 9.78 Å². The first-order valence-electron chi connectivity index (χ1n) is 8.96. The minimum Gasteiger partial charge on any atom is -0.377 e. The minimum atomic E-state index is -0.874. The lowest BCUT2D eigenvalue weighted by molar-refractivity contribution is -0.388. The Hall–Kier alpha value is -0.560. The van der Waals surface area contributed by atoms with Gasteiger partial charge in [0, 0.05) is 5.92 Å². The summed E-state index contributed by atoms with van der Waals surface area (Å²) in [7, 11) is 0. The van der Waals surface area contributed by atoms with Crippen molar-refractivity contribution in [2.24, 2.45) is 23.2 Å². The second-order valence-electron chi connectivity index (χ2n) is 9.32. The second kappa shape index (κ2) is 5.76. The third-order valence-electron chi connectivity index (χ3n) is 6.45. The molecule has 1 N–H and O–H groups in total. The predicted molar refractivity (Wildman–Crippen MR) is 92.5 cm³/mol. The molecule has 2 aliphatic rings. The summed E-state index contributed by atoms with van der Waals surface area (Å²) < 4.78 is 0. The molecule has 4 atom stereocenters. The van der Waals surface area contributed by atoms with E-state index in [0.717, 1.165) is 19.3 Å². The summed E-state index contributed by atoms with van der Waals surface area (Å²) >= 11 is 0. The molecule has 2 saturated carbocycles. The van der Waals surface area contributed by atoms with Crippen LogP contribution in [0.2, 0.25) is 0 Å². The summed E-state index contributed by atoms with van der Waals surface area (Å²) in [6.07, 6.45) is 2.72. The Bertz CT molecular complexity index is 505. The average Bonchev–Trinajstić information content (AvgIpc) is 2.91. The van der Waals surface area contributed by atoms with Gasteiger partial charge in [-0.3, -0.25) is 0 Å². The van der Waals surface area contributed by atoms with Gasteiger partial charge in [0.1, 0.15) is 5.60 Å². The summed E-state index contributed by atoms with van der Waals surface area (Å²) in [6.45, 7) is 16.7. The van der Waals surface area contributed by atoms with Crippen LogP contribution < -0.4 is 0 Å². The van der Waals surface area contributed by atoms with Gasteiger partial charge in [-0.1, -0.05) is 39.5 Å². The summed E-state index contributed by atoms with van der Waals surface area (Å²) in [5.74, 6) is 7.58. The normalized spacial score (nSPS) is 36.0. The van der Waals surface area contributed by atoms with E-state index in [1.807, 2.05) is 27.7 Å². The van der Waals surface area contributed by atoms with Crippen LogP contribution in [0.25, 0.3) is 0 Å². The van der Waals surface area contributed by atoms with Gasteiger partial charge in [-0.05, 0) is 64.2 Å². The first kappa shape index (κ1) is 18.8. The zero-order chi connectivity index (χ0) is 17.7. The first-order chi connectivity index (χ1) is 10.3. The molecule has 3 nitrogen and oxygen atoms in total. The fraction of sp³-hybridized carbons (Fsp3) is 0.900. The number of hydrogen-bond donors (Lipinski definition) is 1. The molecule has 0 aliphatic heterocycles. The molecule has 3 heteroatoms. The van der Waals surface area contributed by atoms with Crippen LogP contribution in [0.1, 0.15) is 74.7 Å². The number of aliphatic hydroxyl groups is 1. The summed E-state index contributed by atoms with van der Waals surface area (Å²) in [6, 6.07) is 0. The van der Waals surface area contributed by atoms with Crippen molar-refractivity contribution in [3.05, 3.63) is 0 Å². The molecule has 132 valence electrons. The second-order valence-corrected chi connectivity index (χ2v) is 9.32. The van der Waals surface area contributed by atoms with Crippen LogP contribution in [-0.4, -0.2) is 21.9 Å². The van der Waals surface area contributed by atoms with Crippen molar-refractivity contribution >= 4 is 0 Å². The van der Waals surface area contributed by atoms with Crippen LogP contribution in [0.4, 0.5) is 0 Å². The number of fused-ring (bicyclic) bond motifs is 2. The molecule has 2 fully saturated rings. The molecule has 0 saturated heterocycles. The summed E-state index contributed by atoms with van der Waals surface area (Å²) in [5, 5.41) is 11.1. The zero-order valence-electron chi connectivity index (χ0n) is 16.1. The third kappa shape index (κ3) is 3.60. The maximum absolute atomic E-state index is 11.1. The Balaban J connectivity index is 2.07. The lowest BCUT2D eigenvalue weighted by Gasteiger charge is -2.42. The lowest BCUT2D eigenvalue weighted by Crippen LogP contribution is -2.44. The Morgan fingerprint density at radius 2 is 1.78 bits per heavy atom. The van der Waals surface area contributed by atoms with Crippen molar-refractivity contribution in [1.82, 2.24) is 0 Å². The van der Waals surface area contributed by atoms with Gasteiger partial charge < -0.3 is 5.11 Å². The average molecular weight is 322 g/mol. The van der Waals surface area contributed by atoms with E-state index in [0.29, 0.717) is 17.3 Å². The Morgan fingerprint density at radius 1 is 1.17 bits per heavy atom. The third-order valence-corrected chi connectivity index (χ3v) is 6.45. The highest BCUT2D eigenvalue weighted by Crippen LogP contribution is 2.62. The minimum absolute atomic E-state index is 0.263. The van der Waals surface area contributed by atoms with Gasteiger partial charge >= 0.3 is 0 Å². The maximum atomic E-state index is 11.1. The Kier molecular flexibility index (Phi) is 4.70. The van der Waals surface area contributed by atoms with Gasteiger partial charge in [-0.15, -0.1) is 0 Å². The van der Waals surface area contributed by atoms with E-state index >= 15 is 0 Å². The van der Waals surface area contributed by atoms with Crippen LogP contribution in [-0.2, 0) is 9.78 Å². The highest BCUT2D eigenvalue weighted by molar-refractivity contribution is 5.27. The fourth-order valence-electron chi connectivity index (χ4n) is 3.89. The van der Waals surface area contributed by atoms with Gasteiger partial charge in [0.05, 0.1) is 5.60 Å². The quantitative estimate of drug-likeness (QED) is 0.475. The molecular formula is C20H34O3. The van der Waals surface area contributed by atoms with Crippen molar-refractivity contribution in [3.8, 4) is 11.8 Å². The molecule has 0 aromatic carbocycles. The van der Waals surface area contributed by atoms with Gasteiger partial charge in [0.15, 0.2) is 5.60 Å². The molecule has 0 radical (unpaired) electrons. The van der Waals surface area contributed by atoms with E-state index in [2.05, 4.69) is 39.5 Å². The lowest BCUT2D eigenvalue weighted by atomic mass is 9.64. The van der Waals surface area contributed by atoms with Gasteiger partial charge in [0.25, 0.3) is 0 Å². The SMILES string of the molecule is CCC(C)(C)OOC(C)(C)C#CC1(O)CC2CC1C(C)C2(C)C. The number of rotatable bonds is 4. The van der Waals surface area contributed by atoms with E-state index in [-0.39, 0.29) is 11.5 Å². The highest BCUT2D eigenvalue weighted by atomic mass is 17.2. The molecule has 0 heterocycles. The van der Waals surface area contributed by atoms with Crippen molar-refractivity contribution in [1.29, 1.82) is 0 Å². The number of hydrogen-bond acceptors (Lipinski definition) is 3. The topological polar surface area (TPSA) is 38.7 Å².